The Morgan fingerprint density at radius 3 is 1.66 bits per heavy atom. The Labute approximate surface area is 192 Å². The molecular weight excluding hydrogens is 404 g/mol. The highest BCUT2D eigenvalue weighted by Gasteiger charge is 2.26. The fraction of sp³-hybridized carbons (Fsp3) is 0.500. The molecule has 0 radical (unpaired) electrons. The zero-order valence-electron chi connectivity index (χ0n) is 20.0. The van der Waals surface area contributed by atoms with Crippen LogP contribution in [0.1, 0.15) is 30.4 Å². The number of rotatable bonds is 14. The zero-order valence-corrected chi connectivity index (χ0v) is 20.0. The highest BCUT2D eigenvalue weighted by Crippen LogP contribution is 2.17. The van der Waals surface area contributed by atoms with Crippen LogP contribution in [-0.4, -0.2) is 64.5 Å². The molecule has 2 rings (SSSR count). The Kier molecular flexibility index (Phi) is 10.5. The van der Waals surface area contributed by atoms with Gasteiger partial charge in [-0.1, -0.05) is 24.3 Å². The number of quaternary nitrogens is 1. The number of carbonyl (C=O) groups excluding carboxylic acids is 1. The Hall–Kier alpha value is -2.57. The summed E-state index contributed by atoms with van der Waals surface area (Å²) in [7, 11) is 7.02. The van der Waals surface area contributed by atoms with Gasteiger partial charge in [-0.2, -0.15) is 0 Å². The first-order chi connectivity index (χ1) is 15.4. The molecule has 176 valence electrons. The second kappa shape index (κ2) is 13.1. The van der Waals surface area contributed by atoms with E-state index in [1.54, 1.807) is 14.2 Å². The number of hydrogen-bond acceptors (Lipinski definition) is 5. The van der Waals surface area contributed by atoms with Crippen molar-refractivity contribution < 1.29 is 23.5 Å². The first-order valence-electron chi connectivity index (χ1n) is 11.3. The number of nitrogens with zero attached hydrogens (tertiary/aromatic N) is 1. The van der Waals surface area contributed by atoms with Crippen LogP contribution >= 0.6 is 0 Å². The van der Waals surface area contributed by atoms with Crippen molar-refractivity contribution in [3.63, 3.8) is 0 Å². The minimum atomic E-state index is -0.250. The van der Waals surface area contributed by atoms with Crippen molar-refractivity contribution in [3.05, 3.63) is 59.7 Å². The maximum Gasteiger partial charge on any atom is 0.307 e. The topological polar surface area (TPSA) is 70.8 Å². The van der Waals surface area contributed by atoms with Crippen LogP contribution in [0.5, 0.6) is 11.5 Å². The van der Waals surface area contributed by atoms with Crippen molar-refractivity contribution in [2.45, 2.75) is 38.1 Å². The van der Waals surface area contributed by atoms with Crippen molar-refractivity contribution in [1.82, 2.24) is 0 Å². The van der Waals surface area contributed by atoms with Crippen LogP contribution in [-0.2, 0) is 22.4 Å². The summed E-state index contributed by atoms with van der Waals surface area (Å²) in [6, 6.07) is 16.3. The van der Waals surface area contributed by atoms with Crippen molar-refractivity contribution in [3.8, 4) is 11.5 Å². The Balaban J connectivity index is 1.94. The summed E-state index contributed by atoms with van der Waals surface area (Å²) in [5.41, 5.74) is 8.92. The predicted molar refractivity (Wildman–Crippen MR) is 128 cm³/mol. The average molecular weight is 444 g/mol. The minimum absolute atomic E-state index is 0.213. The molecule has 0 aliphatic heterocycles. The summed E-state index contributed by atoms with van der Waals surface area (Å²) < 4.78 is 16.1. The fourth-order valence-corrected chi connectivity index (χ4v) is 4.14. The molecule has 0 amide bonds. The highest BCUT2D eigenvalue weighted by molar-refractivity contribution is 5.69. The fourth-order valence-electron chi connectivity index (χ4n) is 4.14. The van der Waals surface area contributed by atoms with Gasteiger partial charge < -0.3 is 24.4 Å². The van der Waals surface area contributed by atoms with E-state index in [1.165, 1.54) is 18.2 Å². The van der Waals surface area contributed by atoms with Gasteiger partial charge in [0.1, 0.15) is 11.5 Å². The molecule has 6 heteroatoms. The van der Waals surface area contributed by atoms with Crippen LogP contribution in [0, 0.1) is 0 Å². The number of aryl methyl sites for hydroxylation is 2. The number of likely N-dealkylation sites (N-methyl/N-ethyl adjacent to an activating group) is 1. The summed E-state index contributed by atoms with van der Waals surface area (Å²) in [6.07, 6.45) is 4.36. The van der Waals surface area contributed by atoms with Gasteiger partial charge in [-0.05, 0) is 48.2 Å². The lowest BCUT2D eigenvalue weighted by molar-refractivity contribution is -0.910. The molecule has 0 saturated carbocycles. The number of benzene rings is 2. The molecule has 6 nitrogen and oxygen atoms in total. The number of nitrogens with two attached hydrogens (primary N) is 1. The Bertz CT molecular complexity index is 752. The van der Waals surface area contributed by atoms with Gasteiger partial charge in [0.05, 0.1) is 60.5 Å². The molecule has 0 heterocycles. The molecule has 0 aliphatic carbocycles. The Morgan fingerprint density at radius 2 is 1.28 bits per heavy atom. The monoisotopic (exact) mass is 443 g/mol. The molecule has 1 atom stereocenters. The molecule has 2 aromatic rings. The molecular formula is C26H39N2O4+. The molecule has 32 heavy (non-hydrogen) atoms. The predicted octanol–water partition coefficient (Wildman–Crippen LogP) is 3.61. The lowest BCUT2D eigenvalue weighted by Gasteiger charge is -2.37. The van der Waals surface area contributed by atoms with E-state index >= 15 is 0 Å². The first kappa shape index (κ1) is 25.7. The van der Waals surface area contributed by atoms with E-state index in [0.29, 0.717) is 0 Å². The SMILES string of the molecule is COC(=O)C[C@@H](N)C[N+](C)(CCCc1ccc(OC)cc1)CCCc1ccc(OC)cc1. The molecule has 0 unspecified atom stereocenters. The molecule has 0 spiro atoms. The third-order valence-corrected chi connectivity index (χ3v) is 5.98. The van der Waals surface area contributed by atoms with Gasteiger partial charge >= 0.3 is 5.97 Å². The summed E-state index contributed by atoms with van der Waals surface area (Å²) in [5, 5.41) is 0. The van der Waals surface area contributed by atoms with Crippen LogP contribution in [0.4, 0.5) is 0 Å². The molecule has 0 bridgehead atoms. The Morgan fingerprint density at radius 1 is 0.844 bits per heavy atom. The van der Waals surface area contributed by atoms with Gasteiger partial charge in [-0.15, -0.1) is 0 Å². The summed E-state index contributed by atoms with van der Waals surface area (Å²) in [4.78, 5) is 11.7. The van der Waals surface area contributed by atoms with E-state index in [9.17, 15) is 4.79 Å². The number of carbonyl (C=O) groups is 1. The average Bonchev–Trinajstić information content (AvgIpc) is 2.79. The second-order valence-corrected chi connectivity index (χ2v) is 8.69. The van der Waals surface area contributed by atoms with E-state index < -0.39 is 0 Å². The van der Waals surface area contributed by atoms with E-state index in [2.05, 4.69) is 31.3 Å². The molecule has 0 fully saturated rings. The summed E-state index contributed by atoms with van der Waals surface area (Å²) >= 11 is 0. The normalized spacial score (nSPS) is 12.3. The molecule has 0 aliphatic rings. The standard InChI is InChI=1S/C26H39N2O4/c1-28(20-23(27)19-26(29)32-4,17-5-7-21-9-13-24(30-2)14-10-21)18-6-8-22-11-15-25(31-3)16-12-22/h9-16,23H,5-8,17-20,27H2,1-4H3/q+1/t23-/m1/s1. The number of hydrogen-bond donors (Lipinski definition) is 1. The maximum absolute atomic E-state index is 11.7. The number of methoxy groups -OCH3 is 3. The number of esters is 1. The van der Waals surface area contributed by atoms with Crippen molar-refractivity contribution in [2.75, 3.05) is 48.0 Å². The molecule has 2 N–H and O–H groups in total. The van der Waals surface area contributed by atoms with Gasteiger partial charge in [0, 0.05) is 12.8 Å². The maximum atomic E-state index is 11.7. The lowest BCUT2D eigenvalue weighted by atomic mass is 10.1. The van der Waals surface area contributed by atoms with Crippen LogP contribution in [0.25, 0.3) is 0 Å². The van der Waals surface area contributed by atoms with Crippen LogP contribution in [0.3, 0.4) is 0 Å². The van der Waals surface area contributed by atoms with Gasteiger partial charge in [0.25, 0.3) is 0 Å². The van der Waals surface area contributed by atoms with Gasteiger partial charge in [-0.3, -0.25) is 4.79 Å². The van der Waals surface area contributed by atoms with Gasteiger partial charge in [-0.25, -0.2) is 0 Å². The second-order valence-electron chi connectivity index (χ2n) is 8.69. The van der Waals surface area contributed by atoms with Gasteiger partial charge in [0.2, 0.25) is 0 Å². The molecule has 0 aromatic heterocycles. The quantitative estimate of drug-likeness (QED) is 0.357. The number of ether oxygens (including phenoxy) is 3. The highest BCUT2D eigenvalue weighted by atomic mass is 16.5. The summed E-state index contributed by atoms with van der Waals surface area (Å²) in [5.74, 6) is 1.50. The van der Waals surface area contributed by atoms with Crippen LogP contribution < -0.4 is 15.2 Å². The van der Waals surface area contributed by atoms with E-state index in [4.69, 9.17) is 19.9 Å². The van der Waals surface area contributed by atoms with E-state index in [1.807, 2.05) is 24.3 Å². The lowest BCUT2D eigenvalue weighted by Crippen LogP contribution is -2.53. The molecule has 2 aromatic carbocycles. The van der Waals surface area contributed by atoms with E-state index in [0.717, 1.165) is 61.3 Å². The van der Waals surface area contributed by atoms with E-state index in [-0.39, 0.29) is 18.4 Å². The van der Waals surface area contributed by atoms with Crippen molar-refractivity contribution >= 4 is 5.97 Å². The van der Waals surface area contributed by atoms with Crippen molar-refractivity contribution in [2.24, 2.45) is 5.73 Å². The summed E-state index contributed by atoms with van der Waals surface area (Å²) in [6.45, 7) is 2.76. The third-order valence-electron chi connectivity index (χ3n) is 5.98. The largest absolute Gasteiger partial charge is 0.497 e. The smallest absolute Gasteiger partial charge is 0.307 e. The third kappa shape index (κ3) is 8.89. The molecule has 0 saturated heterocycles. The minimum Gasteiger partial charge on any atom is -0.497 e. The van der Waals surface area contributed by atoms with Crippen LogP contribution in [0.2, 0.25) is 0 Å². The van der Waals surface area contributed by atoms with Crippen molar-refractivity contribution in [1.29, 1.82) is 0 Å². The van der Waals surface area contributed by atoms with Gasteiger partial charge in [0.15, 0.2) is 0 Å². The zero-order chi connectivity index (χ0) is 23.4. The van der Waals surface area contributed by atoms with Crippen LogP contribution in [0.15, 0.2) is 48.5 Å². The first-order valence-corrected chi connectivity index (χ1v) is 11.3.